The molecule has 0 aliphatic rings. The number of hydrogen-bond donors (Lipinski definition) is 1. The molecule has 0 aliphatic carbocycles. The maximum Gasteiger partial charge on any atom is 0.262 e. The molecule has 17 heavy (non-hydrogen) atoms. The highest BCUT2D eigenvalue weighted by atomic mass is 35.5. The van der Waals surface area contributed by atoms with Gasteiger partial charge in [0.05, 0.1) is 10.6 Å². The van der Waals surface area contributed by atoms with Gasteiger partial charge in [-0.05, 0) is 19.1 Å². The third kappa shape index (κ3) is 2.62. The lowest BCUT2D eigenvalue weighted by Crippen LogP contribution is -2.18. The second kappa shape index (κ2) is 4.81. The highest BCUT2D eigenvalue weighted by molar-refractivity contribution is 6.33. The SMILES string of the molecule is CC(N)Cc1noc(-c2c(F)cccc2Cl)n1. The minimum atomic E-state index is -0.492. The zero-order valence-electron chi connectivity index (χ0n) is 9.15. The summed E-state index contributed by atoms with van der Waals surface area (Å²) in [6.45, 7) is 1.83. The lowest BCUT2D eigenvalue weighted by Gasteiger charge is -1.99. The van der Waals surface area contributed by atoms with Crippen LogP contribution in [0.2, 0.25) is 5.02 Å². The van der Waals surface area contributed by atoms with Crippen molar-refractivity contribution >= 4 is 11.6 Å². The highest BCUT2D eigenvalue weighted by Gasteiger charge is 2.17. The molecule has 1 aromatic carbocycles. The lowest BCUT2D eigenvalue weighted by molar-refractivity contribution is 0.418. The van der Waals surface area contributed by atoms with Crippen LogP contribution in [0.4, 0.5) is 4.39 Å². The molecule has 1 heterocycles. The van der Waals surface area contributed by atoms with Gasteiger partial charge < -0.3 is 10.3 Å². The van der Waals surface area contributed by atoms with Gasteiger partial charge in [-0.3, -0.25) is 0 Å². The number of rotatable bonds is 3. The van der Waals surface area contributed by atoms with Crippen molar-refractivity contribution < 1.29 is 8.91 Å². The Kier molecular flexibility index (Phi) is 3.40. The molecular formula is C11H11ClFN3O. The van der Waals surface area contributed by atoms with Crippen molar-refractivity contribution in [3.8, 4) is 11.5 Å². The van der Waals surface area contributed by atoms with E-state index in [0.29, 0.717) is 12.2 Å². The normalized spacial score (nSPS) is 12.7. The van der Waals surface area contributed by atoms with Crippen molar-refractivity contribution in [2.24, 2.45) is 5.73 Å². The molecule has 2 aromatic rings. The number of hydrogen-bond acceptors (Lipinski definition) is 4. The second-order valence-corrected chi connectivity index (χ2v) is 4.20. The van der Waals surface area contributed by atoms with Crippen LogP contribution >= 0.6 is 11.6 Å². The van der Waals surface area contributed by atoms with Crippen LogP contribution in [-0.2, 0) is 6.42 Å². The van der Waals surface area contributed by atoms with Crippen molar-refractivity contribution in [1.29, 1.82) is 0 Å². The maximum atomic E-state index is 13.6. The number of nitrogens with two attached hydrogens (primary N) is 1. The molecule has 0 fully saturated rings. The van der Waals surface area contributed by atoms with Crippen molar-refractivity contribution in [1.82, 2.24) is 10.1 Å². The van der Waals surface area contributed by atoms with Crippen LogP contribution in [0, 0.1) is 5.82 Å². The average Bonchev–Trinajstić information content (AvgIpc) is 2.65. The van der Waals surface area contributed by atoms with Gasteiger partial charge in [0.1, 0.15) is 5.82 Å². The maximum absolute atomic E-state index is 13.6. The number of nitrogens with zero attached hydrogens (tertiary/aromatic N) is 2. The van der Waals surface area contributed by atoms with Crippen LogP contribution in [-0.4, -0.2) is 16.2 Å². The minimum Gasteiger partial charge on any atom is -0.334 e. The van der Waals surface area contributed by atoms with E-state index in [1.54, 1.807) is 6.07 Å². The van der Waals surface area contributed by atoms with Gasteiger partial charge in [-0.15, -0.1) is 0 Å². The fraction of sp³-hybridized carbons (Fsp3) is 0.273. The van der Waals surface area contributed by atoms with E-state index in [1.807, 2.05) is 6.92 Å². The molecule has 0 bridgehead atoms. The molecule has 0 amide bonds. The summed E-state index contributed by atoms with van der Waals surface area (Å²) in [5, 5.41) is 3.96. The summed E-state index contributed by atoms with van der Waals surface area (Å²) < 4.78 is 18.5. The summed E-state index contributed by atoms with van der Waals surface area (Å²) in [6, 6.07) is 4.28. The molecule has 90 valence electrons. The molecule has 1 atom stereocenters. The zero-order chi connectivity index (χ0) is 12.4. The Balaban J connectivity index is 2.37. The second-order valence-electron chi connectivity index (χ2n) is 3.79. The monoisotopic (exact) mass is 255 g/mol. The third-order valence-corrected chi connectivity index (χ3v) is 2.46. The van der Waals surface area contributed by atoms with Gasteiger partial charge in [0.25, 0.3) is 5.89 Å². The molecule has 4 nitrogen and oxygen atoms in total. The van der Waals surface area contributed by atoms with Crippen LogP contribution in [0.25, 0.3) is 11.5 Å². The predicted molar refractivity (Wildman–Crippen MR) is 62.1 cm³/mol. The Bertz CT molecular complexity index is 507. The van der Waals surface area contributed by atoms with Crippen LogP contribution in [0.15, 0.2) is 22.7 Å². The van der Waals surface area contributed by atoms with Crippen LogP contribution < -0.4 is 5.73 Å². The standard InChI is InChI=1S/C11H11ClFN3O/c1-6(14)5-9-15-11(17-16-9)10-7(12)3-2-4-8(10)13/h2-4,6H,5,14H2,1H3. The number of halogens is 2. The fourth-order valence-electron chi connectivity index (χ4n) is 1.43. The first kappa shape index (κ1) is 12.0. The Labute approximate surface area is 103 Å². The minimum absolute atomic E-state index is 0.0729. The number of benzene rings is 1. The molecule has 0 saturated carbocycles. The van der Waals surface area contributed by atoms with Gasteiger partial charge >= 0.3 is 0 Å². The summed E-state index contributed by atoms with van der Waals surface area (Å²) in [7, 11) is 0. The average molecular weight is 256 g/mol. The molecule has 2 N–H and O–H groups in total. The summed E-state index contributed by atoms with van der Waals surface area (Å²) in [6.07, 6.45) is 0.468. The van der Waals surface area contributed by atoms with E-state index in [1.165, 1.54) is 12.1 Å². The molecule has 0 radical (unpaired) electrons. The molecule has 1 aromatic heterocycles. The van der Waals surface area contributed by atoms with Gasteiger partial charge in [-0.25, -0.2) is 4.39 Å². The van der Waals surface area contributed by atoms with Gasteiger partial charge in [-0.1, -0.05) is 22.8 Å². The van der Waals surface area contributed by atoms with E-state index in [9.17, 15) is 4.39 Å². The molecule has 6 heteroatoms. The van der Waals surface area contributed by atoms with Crippen LogP contribution in [0.5, 0.6) is 0 Å². The molecule has 1 unspecified atom stereocenters. The summed E-state index contributed by atoms with van der Waals surface area (Å²) in [5.41, 5.74) is 5.73. The quantitative estimate of drug-likeness (QED) is 0.915. The van der Waals surface area contributed by atoms with E-state index in [2.05, 4.69) is 10.1 Å². The van der Waals surface area contributed by atoms with Crippen LogP contribution in [0.1, 0.15) is 12.7 Å². The molecule has 2 rings (SSSR count). The first-order valence-electron chi connectivity index (χ1n) is 5.10. The van der Waals surface area contributed by atoms with Crippen molar-refractivity contribution in [3.05, 3.63) is 34.9 Å². The zero-order valence-corrected chi connectivity index (χ0v) is 9.91. The summed E-state index contributed by atoms with van der Waals surface area (Å²) in [5.74, 6) is 0.0200. The first-order valence-corrected chi connectivity index (χ1v) is 5.48. The topological polar surface area (TPSA) is 64.9 Å². The fourth-order valence-corrected chi connectivity index (χ4v) is 1.67. The Morgan fingerprint density at radius 2 is 2.29 bits per heavy atom. The van der Waals surface area contributed by atoms with E-state index in [4.69, 9.17) is 21.9 Å². The van der Waals surface area contributed by atoms with Crippen LogP contribution in [0.3, 0.4) is 0 Å². The predicted octanol–water partition coefficient (Wildman–Crippen LogP) is 2.42. The summed E-state index contributed by atoms with van der Waals surface area (Å²) in [4.78, 5) is 4.06. The smallest absolute Gasteiger partial charge is 0.262 e. The largest absolute Gasteiger partial charge is 0.334 e. The molecule has 0 saturated heterocycles. The van der Waals surface area contributed by atoms with E-state index in [0.717, 1.165) is 0 Å². The van der Waals surface area contributed by atoms with Crippen molar-refractivity contribution in [3.63, 3.8) is 0 Å². The Morgan fingerprint density at radius 1 is 1.53 bits per heavy atom. The van der Waals surface area contributed by atoms with Crippen molar-refractivity contribution in [2.45, 2.75) is 19.4 Å². The molecular weight excluding hydrogens is 245 g/mol. The number of aromatic nitrogens is 2. The third-order valence-electron chi connectivity index (χ3n) is 2.15. The first-order chi connectivity index (χ1) is 8.08. The molecule has 0 spiro atoms. The van der Waals surface area contributed by atoms with E-state index >= 15 is 0 Å². The Hall–Kier alpha value is -1.46. The summed E-state index contributed by atoms with van der Waals surface area (Å²) >= 11 is 5.89. The van der Waals surface area contributed by atoms with Gasteiger partial charge in [0.15, 0.2) is 5.82 Å². The lowest BCUT2D eigenvalue weighted by atomic mass is 10.2. The van der Waals surface area contributed by atoms with Gasteiger partial charge in [0, 0.05) is 12.5 Å². The molecule has 0 aliphatic heterocycles. The van der Waals surface area contributed by atoms with Gasteiger partial charge in [0.2, 0.25) is 0 Å². The van der Waals surface area contributed by atoms with E-state index < -0.39 is 5.82 Å². The van der Waals surface area contributed by atoms with E-state index in [-0.39, 0.29) is 22.5 Å². The highest BCUT2D eigenvalue weighted by Crippen LogP contribution is 2.29. The Morgan fingerprint density at radius 3 is 2.94 bits per heavy atom. The van der Waals surface area contributed by atoms with Crippen molar-refractivity contribution in [2.75, 3.05) is 0 Å². The van der Waals surface area contributed by atoms with Gasteiger partial charge in [-0.2, -0.15) is 4.98 Å².